The molecule has 96 valence electrons. The number of benzene rings is 1. The van der Waals surface area contributed by atoms with Crippen LogP contribution in [0.2, 0.25) is 0 Å². The van der Waals surface area contributed by atoms with Crippen molar-refractivity contribution in [2.45, 2.75) is 19.4 Å². The summed E-state index contributed by atoms with van der Waals surface area (Å²) < 4.78 is 0. The van der Waals surface area contributed by atoms with Crippen molar-refractivity contribution in [1.29, 1.82) is 0 Å². The number of ketones is 1. The molecule has 1 aliphatic rings. The van der Waals surface area contributed by atoms with Gasteiger partial charge in [0.25, 0.3) is 5.91 Å². The molecule has 0 spiro atoms. The van der Waals surface area contributed by atoms with Crippen LogP contribution >= 0.6 is 0 Å². The summed E-state index contributed by atoms with van der Waals surface area (Å²) in [4.78, 5) is 23.7. The highest BCUT2D eigenvalue weighted by Gasteiger charge is 2.24. The molecule has 0 aliphatic carbocycles. The number of amides is 1. The summed E-state index contributed by atoms with van der Waals surface area (Å²) in [6.07, 6.45) is 0.637. The molecular formula is C13H17N3O2. The Morgan fingerprint density at radius 3 is 2.94 bits per heavy atom. The van der Waals surface area contributed by atoms with Crippen LogP contribution in [-0.2, 0) is 4.79 Å². The van der Waals surface area contributed by atoms with Gasteiger partial charge in [-0.3, -0.25) is 9.59 Å². The molecule has 1 amide bonds. The molecule has 1 aromatic carbocycles. The van der Waals surface area contributed by atoms with E-state index in [4.69, 9.17) is 5.73 Å². The summed E-state index contributed by atoms with van der Waals surface area (Å²) in [7, 11) is 0. The molecule has 1 unspecified atom stereocenters. The van der Waals surface area contributed by atoms with Crippen molar-refractivity contribution in [3.63, 3.8) is 0 Å². The predicted octanol–water partition coefficient (Wildman–Crippen LogP) is 0.238. The third kappa shape index (κ3) is 2.68. The van der Waals surface area contributed by atoms with Gasteiger partial charge in [-0.2, -0.15) is 0 Å². The normalized spacial score (nSPS) is 19.6. The molecule has 5 nitrogen and oxygen atoms in total. The molecule has 1 atom stereocenters. The number of nitrogens with two attached hydrogens (primary N) is 1. The fourth-order valence-electron chi connectivity index (χ4n) is 2.07. The minimum atomic E-state index is -0.379. The minimum Gasteiger partial charge on any atom is -0.399 e. The van der Waals surface area contributed by atoms with Crippen molar-refractivity contribution in [3.8, 4) is 0 Å². The second-order valence-corrected chi connectivity index (χ2v) is 4.53. The Hall–Kier alpha value is -1.88. The van der Waals surface area contributed by atoms with Gasteiger partial charge in [-0.15, -0.1) is 0 Å². The van der Waals surface area contributed by atoms with Crippen LogP contribution in [0.4, 0.5) is 5.69 Å². The molecule has 0 saturated carbocycles. The first-order valence-corrected chi connectivity index (χ1v) is 5.98. The number of nitrogens with one attached hydrogen (secondary N) is 2. The van der Waals surface area contributed by atoms with Crippen molar-refractivity contribution in [3.05, 3.63) is 29.3 Å². The van der Waals surface area contributed by atoms with Crippen molar-refractivity contribution >= 4 is 17.4 Å². The van der Waals surface area contributed by atoms with Gasteiger partial charge in [-0.25, -0.2) is 0 Å². The van der Waals surface area contributed by atoms with Gasteiger partial charge in [0.1, 0.15) is 0 Å². The quantitative estimate of drug-likeness (QED) is 0.654. The first kappa shape index (κ1) is 12.6. The zero-order valence-corrected chi connectivity index (χ0v) is 10.3. The maximum Gasteiger partial charge on any atom is 0.252 e. The van der Waals surface area contributed by atoms with E-state index < -0.39 is 0 Å². The number of piperidine rings is 1. The first-order valence-electron chi connectivity index (χ1n) is 5.98. The van der Waals surface area contributed by atoms with Crippen molar-refractivity contribution in [2.75, 3.05) is 18.8 Å². The van der Waals surface area contributed by atoms with E-state index in [0.29, 0.717) is 24.2 Å². The molecule has 5 heteroatoms. The zero-order valence-electron chi connectivity index (χ0n) is 10.3. The van der Waals surface area contributed by atoms with Crippen molar-refractivity contribution < 1.29 is 9.59 Å². The van der Waals surface area contributed by atoms with Gasteiger partial charge in [-0.05, 0) is 43.7 Å². The van der Waals surface area contributed by atoms with Crippen LogP contribution in [0.15, 0.2) is 18.2 Å². The third-order valence-electron chi connectivity index (χ3n) is 3.10. The van der Waals surface area contributed by atoms with Gasteiger partial charge in [0, 0.05) is 11.3 Å². The second-order valence-electron chi connectivity index (χ2n) is 4.53. The van der Waals surface area contributed by atoms with E-state index in [2.05, 4.69) is 10.6 Å². The Morgan fingerprint density at radius 2 is 2.28 bits per heavy atom. The molecule has 1 saturated heterocycles. The average molecular weight is 247 g/mol. The van der Waals surface area contributed by atoms with E-state index in [9.17, 15) is 9.59 Å². The first-order chi connectivity index (χ1) is 8.58. The molecule has 0 radical (unpaired) electrons. The molecule has 0 aromatic heterocycles. The highest BCUT2D eigenvalue weighted by molar-refractivity contribution is 5.99. The Labute approximate surface area is 106 Å². The van der Waals surface area contributed by atoms with Crippen molar-refractivity contribution in [2.24, 2.45) is 0 Å². The van der Waals surface area contributed by atoms with Gasteiger partial charge in [0.2, 0.25) is 0 Å². The maximum absolute atomic E-state index is 12.1. The van der Waals surface area contributed by atoms with Gasteiger partial charge < -0.3 is 16.4 Å². The number of nitrogen functional groups attached to an aromatic ring is 1. The summed E-state index contributed by atoms with van der Waals surface area (Å²) in [6.45, 7) is 2.90. The van der Waals surface area contributed by atoms with E-state index in [1.54, 1.807) is 18.2 Å². The van der Waals surface area contributed by atoms with Crippen molar-refractivity contribution in [1.82, 2.24) is 10.6 Å². The Bertz CT molecular complexity index is 485. The molecule has 2 rings (SSSR count). The molecule has 1 aromatic rings. The van der Waals surface area contributed by atoms with E-state index in [1.807, 2.05) is 6.92 Å². The van der Waals surface area contributed by atoms with E-state index in [0.717, 1.165) is 12.1 Å². The monoisotopic (exact) mass is 247 g/mol. The molecule has 0 bridgehead atoms. The number of Topliss-reactive ketones (excluding diaryl/α,β-unsaturated/α-hetero) is 1. The molecule has 1 aliphatic heterocycles. The summed E-state index contributed by atoms with van der Waals surface area (Å²) in [5.74, 6) is -0.185. The SMILES string of the molecule is Cc1cc(N)ccc1C(=O)NC1CCNCC1=O. The topological polar surface area (TPSA) is 84.2 Å². The van der Waals surface area contributed by atoms with Crippen LogP contribution < -0.4 is 16.4 Å². The molecule has 1 fully saturated rings. The Kier molecular flexibility index (Phi) is 3.62. The van der Waals surface area contributed by atoms with E-state index in [-0.39, 0.29) is 17.7 Å². The highest BCUT2D eigenvalue weighted by atomic mass is 16.2. The number of aryl methyl sites for hydroxylation is 1. The van der Waals surface area contributed by atoms with Gasteiger partial charge in [-0.1, -0.05) is 0 Å². The number of anilines is 1. The third-order valence-corrected chi connectivity index (χ3v) is 3.10. The van der Waals surface area contributed by atoms with Crippen LogP contribution in [0, 0.1) is 6.92 Å². The van der Waals surface area contributed by atoms with Gasteiger partial charge >= 0.3 is 0 Å². The lowest BCUT2D eigenvalue weighted by atomic mass is 10.0. The van der Waals surface area contributed by atoms with Crippen LogP contribution in [0.3, 0.4) is 0 Å². The van der Waals surface area contributed by atoms with Crippen LogP contribution in [0.25, 0.3) is 0 Å². The lowest BCUT2D eigenvalue weighted by Gasteiger charge is -2.22. The number of hydrogen-bond acceptors (Lipinski definition) is 4. The number of carbonyl (C=O) groups excluding carboxylic acids is 2. The van der Waals surface area contributed by atoms with Crippen LogP contribution in [-0.4, -0.2) is 30.8 Å². The number of carbonyl (C=O) groups is 2. The standard InChI is InChI=1S/C13H17N3O2/c1-8-6-9(14)2-3-10(8)13(18)16-11-4-5-15-7-12(11)17/h2-3,6,11,15H,4-5,7,14H2,1H3,(H,16,18). The van der Waals surface area contributed by atoms with Crippen LogP contribution in [0.1, 0.15) is 22.3 Å². The minimum absolute atomic E-state index is 0.0303. The second kappa shape index (κ2) is 5.18. The van der Waals surface area contributed by atoms with Gasteiger partial charge in [0.15, 0.2) is 5.78 Å². The molecular weight excluding hydrogens is 230 g/mol. The van der Waals surface area contributed by atoms with E-state index >= 15 is 0 Å². The van der Waals surface area contributed by atoms with Gasteiger partial charge in [0.05, 0.1) is 12.6 Å². The highest BCUT2D eigenvalue weighted by Crippen LogP contribution is 2.13. The summed E-state index contributed by atoms with van der Waals surface area (Å²) in [5.41, 5.74) is 7.65. The molecule has 18 heavy (non-hydrogen) atoms. The Balaban J connectivity index is 2.09. The lowest BCUT2D eigenvalue weighted by Crippen LogP contribution is -2.50. The summed E-state index contributed by atoms with van der Waals surface area (Å²) >= 11 is 0. The number of rotatable bonds is 2. The fourth-order valence-corrected chi connectivity index (χ4v) is 2.07. The molecule has 4 N–H and O–H groups in total. The lowest BCUT2D eigenvalue weighted by molar-refractivity contribution is -0.121. The van der Waals surface area contributed by atoms with Crippen LogP contribution in [0.5, 0.6) is 0 Å². The fraction of sp³-hybridized carbons (Fsp3) is 0.385. The summed E-state index contributed by atoms with van der Waals surface area (Å²) in [5, 5.41) is 5.75. The Morgan fingerprint density at radius 1 is 1.50 bits per heavy atom. The zero-order chi connectivity index (χ0) is 13.1. The summed E-state index contributed by atoms with van der Waals surface area (Å²) in [6, 6.07) is 4.74. The predicted molar refractivity (Wildman–Crippen MR) is 69.3 cm³/mol. The largest absolute Gasteiger partial charge is 0.399 e. The smallest absolute Gasteiger partial charge is 0.252 e. The number of hydrogen-bond donors (Lipinski definition) is 3. The average Bonchev–Trinajstić information content (AvgIpc) is 2.32. The van der Waals surface area contributed by atoms with E-state index in [1.165, 1.54) is 0 Å². The maximum atomic E-state index is 12.1. The molecule has 1 heterocycles.